The van der Waals surface area contributed by atoms with E-state index >= 15 is 0 Å². The summed E-state index contributed by atoms with van der Waals surface area (Å²) >= 11 is 6.06. The standard InChI is InChI=1S/C20H25ClN2O4S/c1-13-9-15(11-19(14(13)2)28(25,26)22(3)4)20(24)23(5)12-16-10-17(21)7-8-18(16)27-6/h7-11H,12H2,1-6H3. The second-order valence-corrected chi connectivity index (χ2v) is 9.38. The molecule has 2 aromatic carbocycles. The van der Waals surface area contributed by atoms with Gasteiger partial charge in [-0.25, -0.2) is 12.7 Å². The Balaban J connectivity index is 2.42. The Morgan fingerprint density at radius 3 is 2.32 bits per heavy atom. The number of carbonyl (C=O) groups excluding carboxylic acids is 1. The molecule has 0 aliphatic heterocycles. The van der Waals surface area contributed by atoms with E-state index in [2.05, 4.69) is 0 Å². The van der Waals surface area contributed by atoms with Crippen LogP contribution < -0.4 is 4.74 Å². The molecule has 0 saturated carbocycles. The lowest BCUT2D eigenvalue weighted by molar-refractivity contribution is 0.0784. The zero-order chi connectivity index (χ0) is 21.2. The van der Waals surface area contributed by atoms with Gasteiger partial charge in [0.2, 0.25) is 10.0 Å². The number of rotatable bonds is 6. The van der Waals surface area contributed by atoms with Gasteiger partial charge in [-0.2, -0.15) is 0 Å². The van der Waals surface area contributed by atoms with Gasteiger partial charge in [-0.1, -0.05) is 11.6 Å². The zero-order valence-electron chi connectivity index (χ0n) is 16.9. The maximum Gasteiger partial charge on any atom is 0.253 e. The molecular formula is C20H25ClN2O4S. The lowest BCUT2D eigenvalue weighted by Gasteiger charge is -2.21. The van der Waals surface area contributed by atoms with Gasteiger partial charge in [0.1, 0.15) is 5.75 Å². The quantitative estimate of drug-likeness (QED) is 0.711. The summed E-state index contributed by atoms with van der Waals surface area (Å²) in [6.07, 6.45) is 0. The summed E-state index contributed by atoms with van der Waals surface area (Å²) in [4.78, 5) is 14.6. The third-order valence-electron chi connectivity index (χ3n) is 4.62. The Morgan fingerprint density at radius 1 is 1.11 bits per heavy atom. The Kier molecular flexibility index (Phi) is 6.75. The SMILES string of the molecule is COc1ccc(Cl)cc1CN(C)C(=O)c1cc(C)c(C)c(S(=O)(=O)N(C)C)c1. The molecule has 1 amide bonds. The zero-order valence-corrected chi connectivity index (χ0v) is 18.5. The molecule has 0 aliphatic carbocycles. The first-order chi connectivity index (χ1) is 13.0. The van der Waals surface area contributed by atoms with Crippen molar-refractivity contribution in [3.63, 3.8) is 0 Å². The van der Waals surface area contributed by atoms with E-state index in [-0.39, 0.29) is 17.3 Å². The largest absolute Gasteiger partial charge is 0.496 e. The van der Waals surface area contributed by atoms with Crippen LogP contribution in [-0.2, 0) is 16.6 Å². The van der Waals surface area contributed by atoms with Crippen LogP contribution in [0.4, 0.5) is 0 Å². The highest BCUT2D eigenvalue weighted by Gasteiger charge is 2.24. The van der Waals surface area contributed by atoms with Crippen LogP contribution in [0.25, 0.3) is 0 Å². The molecule has 0 fully saturated rings. The lowest BCUT2D eigenvalue weighted by Crippen LogP contribution is -2.28. The molecule has 0 N–H and O–H groups in total. The molecule has 28 heavy (non-hydrogen) atoms. The van der Waals surface area contributed by atoms with E-state index in [1.54, 1.807) is 52.3 Å². The van der Waals surface area contributed by atoms with Gasteiger partial charge >= 0.3 is 0 Å². The highest BCUT2D eigenvalue weighted by Crippen LogP contribution is 2.26. The molecule has 0 atom stereocenters. The third kappa shape index (κ3) is 4.48. The maximum absolute atomic E-state index is 13.0. The maximum atomic E-state index is 13.0. The fourth-order valence-electron chi connectivity index (χ4n) is 2.83. The molecular weight excluding hydrogens is 400 g/mol. The first kappa shape index (κ1) is 22.2. The van der Waals surface area contributed by atoms with Gasteiger partial charge in [-0.15, -0.1) is 0 Å². The number of nitrogens with zero attached hydrogens (tertiary/aromatic N) is 2. The summed E-state index contributed by atoms with van der Waals surface area (Å²) in [7, 11) is 2.48. The van der Waals surface area contributed by atoms with Crippen LogP contribution in [0.2, 0.25) is 5.02 Å². The van der Waals surface area contributed by atoms with Crippen LogP contribution in [-0.4, -0.2) is 51.8 Å². The van der Waals surface area contributed by atoms with E-state index in [0.29, 0.717) is 21.9 Å². The molecule has 2 aromatic rings. The molecule has 0 radical (unpaired) electrons. The molecule has 152 valence electrons. The normalized spacial score (nSPS) is 11.6. The lowest BCUT2D eigenvalue weighted by atomic mass is 10.0. The molecule has 0 aliphatic rings. The topological polar surface area (TPSA) is 66.9 Å². The highest BCUT2D eigenvalue weighted by atomic mass is 35.5. The summed E-state index contributed by atoms with van der Waals surface area (Å²) in [6, 6.07) is 8.34. The molecule has 0 heterocycles. The molecule has 6 nitrogen and oxygen atoms in total. The van der Waals surface area contributed by atoms with Crippen molar-refractivity contribution in [2.45, 2.75) is 25.3 Å². The van der Waals surface area contributed by atoms with Crippen molar-refractivity contribution in [3.8, 4) is 5.75 Å². The average molecular weight is 425 g/mol. The number of aryl methyl sites for hydroxylation is 1. The van der Waals surface area contributed by atoms with E-state index in [9.17, 15) is 13.2 Å². The fraction of sp³-hybridized carbons (Fsp3) is 0.350. The van der Waals surface area contributed by atoms with Crippen LogP contribution in [0.1, 0.15) is 27.0 Å². The van der Waals surface area contributed by atoms with Crippen LogP contribution in [0, 0.1) is 13.8 Å². The Morgan fingerprint density at radius 2 is 1.75 bits per heavy atom. The van der Waals surface area contributed by atoms with E-state index in [0.717, 1.165) is 15.4 Å². The second-order valence-electron chi connectivity index (χ2n) is 6.82. The van der Waals surface area contributed by atoms with Crippen molar-refractivity contribution >= 4 is 27.5 Å². The molecule has 0 bridgehead atoms. The minimum absolute atomic E-state index is 0.134. The van der Waals surface area contributed by atoms with Gasteiger partial charge in [0.05, 0.1) is 12.0 Å². The highest BCUT2D eigenvalue weighted by molar-refractivity contribution is 7.89. The van der Waals surface area contributed by atoms with Gasteiger partial charge in [-0.05, 0) is 55.3 Å². The van der Waals surface area contributed by atoms with Crippen LogP contribution >= 0.6 is 11.6 Å². The first-order valence-electron chi connectivity index (χ1n) is 8.60. The second kappa shape index (κ2) is 8.51. The smallest absolute Gasteiger partial charge is 0.253 e. The molecule has 0 saturated heterocycles. The minimum atomic E-state index is -3.66. The minimum Gasteiger partial charge on any atom is -0.496 e. The van der Waals surface area contributed by atoms with Crippen LogP contribution in [0.3, 0.4) is 0 Å². The number of ether oxygens (including phenoxy) is 1. The molecule has 8 heteroatoms. The van der Waals surface area contributed by atoms with E-state index < -0.39 is 10.0 Å². The van der Waals surface area contributed by atoms with Gasteiger partial charge < -0.3 is 9.64 Å². The first-order valence-corrected chi connectivity index (χ1v) is 10.4. The number of carbonyl (C=O) groups is 1. The molecule has 0 unspecified atom stereocenters. The summed E-state index contributed by atoms with van der Waals surface area (Å²) in [5.74, 6) is 0.334. The summed E-state index contributed by atoms with van der Waals surface area (Å²) < 4.78 is 31.7. The predicted molar refractivity (Wildman–Crippen MR) is 111 cm³/mol. The third-order valence-corrected chi connectivity index (χ3v) is 6.80. The number of hydrogen-bond donors (Lipinski definition) is 0. The molecule has 0 aromatic heterocycles. The number of methoxy groups -OCH3 is 1. The van der Waals surface area contributed by atoms with Gasteiger partial charge in [0, 0.05) is 43.8 Å². The van der Waals surface area contributed by atoms with Crippen molar-refractivity contribution in [2.75, 3.05) is 28.3 Å². The number of halogens is 1. The predicted octanol–water partition coefficient (Wildman–Crippen LogP) is 3.49. The van der Waals surface area contributed by atoms with E-state index in [1.165, 1.54) is 25.1 Å². The van der Waals surface area contributed by atoms with Crippen molar-refractivity contribution in [1.82, 2.24) is 9.21 Å². The fourth-order valence-corrected chi connectivity index (χ4v) is 4.25. The Labute approximate surface area is 171 Å². The summed E-state index contributed by atoms with van der Waals surface area (Å²) in [5, 5.41) is 0.544. The van der Waals surface area contributed by atoms with Crippen molar-refractivity contribution < 1.29 is 17.9 Å². The van der Waals surface area contributed by atoms with Gasteiger partial charge in [0.15, 0.2) is 0 Å². The monoisotopic (exact) mass is 424 g/mol. The summed E-state index contributed by atoms with van der Waals surface area (Å²) in [6.45, 7) is 3.80. The Bertz CT molecular complexity index is 1000. The Hall–Kier alpha value is -2.09. The number of hydrogen-bond acceptors (Lipinski definition) is 4. The summed E-state index contributed by atoms with van der Waals surface area (Å²) in [5.41, 5.74) is 2.44. The number of sulfonamides is 1. The van der Waals surface area contributed by atoms with Crippen LogP contribution in [0.15, 0.2) is 35.2 Å². The van der Waals surface area contributed by atoms with E-state index in [4.69, 9.17) is 16.3 Å². The number of benzene rings is 2. The van der Waals surface area contributed by atoms with Crippen molar-refractivity contribution in [2.24, 2.45) is 0 Å². The van der Waals surface area contributed by atoms with Gasteiger partial charge in [0.25, 0.3) is 5.91 Å². The average Bonchev–Trinajstić information content (AvgIpc) is 2.63. The van der Waals surface area contributed by atoms with Crippen molar-refractivity contribution in [1.29, 1.82) is 0 Å². The number of amides is 1. The molecule has 0 spiro atoms. The van der Waals surface area contributed by atoms with Crippen LogP contribution in [0.5, 0.6) is 5.75 Å². The van der Waals surface area contributed by atoms with E-state index in [1.807, 2.05) is 0 Å². The van der Waals surface area contributed by atoms with Gasteiger partial charge in [-0.3, -0.25) is 4.79 Å². The van der Waals surface area contributed by atoms with Crippen molar-refractivity contribution in [3.05, 3.63) is 57.6 Å². The molecule has 2 rings (SSSR count).